The average molecular weight is 458 g/mol. The number of nitrogen functional groups attached to an aromatic ring is 1. The summed E-state index contributed by atoms with van der Waals surface area (Å²) in [6.45, 7) is 0. The van der Waals surface area contributed by atoms with Gasteiger partial charge in [0.25, 0.3) is 11.6 Å². The summed E-state index contributed by atoms with van der Waals surface area (Å²) in [5, 5.41) is 24.4. The maximum Gasteiger partial charge on any atom is 0.272 e. The van der Waals surface area contributed by atoms with Crippen LogP contribution in [-0.2, 0) is 0 Å². The van der Waals surface area contributed by atoms with Crippen LogP contribution in [0.3, 0.4) is 0 Å². The largest absolute Gasteiger partial charge is 0.506 e. The van der Waals surface area contributed by atoms with Crippen LogP contribution in [0.5, 0.6) is 5.75 Å². The van der Waals surface area contributed by atoms with E-state index in [-0.39, 0.29) is 22.7 Å². The van der Waals surface area contributed by atoms with Gasteiger partial charge in [0, 0.05) is 27.9 Å². The van der Waals surface area contributed by atoms with E-state index in [0.29, 0.717) is 14.5 Å². The molecular formula is C14H10Br2N4O4. The van der Waals surface area contributed by atoms with Crippen LogP contribution in [0, 0.1) is 10.1 Å². The number of amides is 1. The maximum absolute atomic E-state index is 12.0. The Bertz CT molecular complexity index is 855. The second-order valence-electron chi connectivity index (χ2n) is 4.59. The van der Waals surface area contributed by atoms with Gasteiger partial charge in [-0.15, -0.1) is 0 Å². The molecule has 0 aromatic heterocycles. The van der Waals surface area contributed by atoms with Crippen LogP contribution in [0.25, 0.3) is 0 Å². The number of carbonyl (C=O) groups is 1. The fourth-order valence-corrected chi connectivity index (χ4v) is 3.04. The molecule has 0 saturated carbocycles. The normalized spacial score (nSPS) is 10.8. The molecule has 0 aliphatic heterocycles. The van der Waals surface area contributed by atoms with Gasteiger partial charge in [-0.25, -0.2) is 5.43 Å². The highest BCUT2D eigenvalue weighted by atomic mass is 79.9. The number of phenolic OH excluding ortho intramolecular Hbond substituents is 1. The summed E-state index contributed by atoms with van der Waals surface area (Å²) in [7, 11) is 0. The van der Waals surface area contributed by atoms with Crippen molar-refractivity contribution in [1.29, 1.82) is 0 Å². The molecule has 2 aromatic carbocycles. The zero-order valence-corrected chi connectivity index (χ0v) is 15.0. The smallest absolute Gasteiger partial charge is 0.272 e. The number of phenols is 1. The van der Waals surface area contributed by atoms with Gasteiger partial charge < -0.3 is 10.8 Å². The summed E-state index contributed by atoms with van der Waals surface area (Å²) in [6.07, 6.45) is 1.24. The first-order valence-electron chi connectivity index (χ1n) is 6.34. The minimum atomic E-state index is -0.671. The van der Waals surface area contributed by atoms with E-state index in [1.165, 1.54) is 12.3 Å². The predicted octanol–water partition coefficient (Wildman–Crippen LogP) is 3.17. The first-order valence-corrected chi connectivity index (χ1v) is 7.93. The monoisotopic (exact) mass is 456 g/mol. The number of nitrogens with two attached hydrogens (primary N) is 1. The molecule has 8 nitrogen and oxygen atoms in total. The lowest BCUT2D eigenvalue weighted by atomic mass is 10.1. The van der Waals surface area contributed by atoms with Gasteiger partial charge in [-0.1, -0.05) is 15.9 Å². The lowest BCUT2D eigenvalue weighted by Gasteiger charge is -2.04. The van der Waals surface area contributed by atoms with Crippen LogP contribution in [0.4, 0.5) is 11.4 Å². The van der Waals surface area contributed by atoms with Crippen molar-refractivity contribution < 1.29 is 14.8 Å². The second-order valence-corrected chi connectivity index (χ2v) is 6.36. The molecule has 2 rings (SSSR count). The van der Waals surface area contributed by atoms with E-state index in [2.05, 4.69) is 42.4 Å². The quantitative estimate of drug-likeness (QED) is 0.281. The molecule has 0 radical (unpaired) electrons. The lowest BCUT2D eigenvalue weighted by Crippen LogP contribution is -2.18. The molecule has 0 unspecified atom stereocenters. The number of nitrogens with zero attached hydrogens (tertiary/aromatic N) is 2. The van der Waals surface area contributed by atoms with Crippen LogP contribution in [-0.4, -0.2) is 22.2 Å². The molecule has 0 aliphatic carbocycles. The second kappa shape index (κ2) is 7.41. The Morgan fingerprint density at radius 3 is 2.67 bits per heavy atom. The Labute approximate surface area is 152 Å². The highest BCUT2D eigenvalue weighted by molar-refractivity contribution is 9.11. The van der Waals surface area contributed by atoms with Crippen molar-refractivity contribution in [2.24, 2.45) is 5.10 Å². The van der Waals surface area contributed by atoms with Gasteiger partial charge in [-0.05, 0) is 34.1 Å². The van der Waals surface area contributed by atoms with Gasteiger partial charge >= 0.3 is 0 Å². The first kappa shape index (κ1) is 17.9. The Hall–Kier alpha value is -2.46. The molecular weight excluding hydrogens is 448 g/mol. The van der Waals surface area contributed by atoms with Gasteiger partial charge in [0.2, 0.25) is 0 Å². The van der Waals surface area contributed by atoms with Gasteiger partial charge in [0.15, 0.2) is 0 Å². The number of benzene rings is 2. The number of anilines is 1. The molecule has 10 heteroatoms. The molecule has 0 fully saturated rings. The van der Waals surface area contributed by atoms with Crippen LogP contribution in [0.1, 0.15) is 15.9 Å². The number of non-ortho nitro benzene ring substituents is 1. The number of rotatable bonds is 4. The molecule has 0 heterocycles. The van der Waals surface area contributed by atoms with Crippen molar-refractivity contribution >= 4 is 55.4 Å². The first-order chi connectivity index (χ1) is 11.3. The van der Waals surface area contributed by atoms with Gasteiger partial charge in [0.05, 0.1) is 21.2 Å². The molecule has 24 heavy (non-hydrogen) atoms. The summed E-state index contributed by atoms with van der Waals surface area (Å²) < 4.78 is 1.16. The minimum Gasteiger partial charge on any atom is -0.506 e. The zero-order chi connectivity index (χ0) is 17.9. The minimum absolute atomic E-state index is 0.00139. The van der Waals surface area contributed by atoms with Gasteiger partial charge in [-0.3, -0.25) is 14.9 Å². The van der Waals surface area contributed by atoms with E-state index in [4.69, 9.17) is 5.73 Å². The number of nitro groups is 1. The summed E-state index contributed by atoms with van der Waals surface area (Å²) in [4.78, 5) is 22.1. The van der Waals surface area contributed by atoms with Crippen molar-refractivity contribution in [3.63, 3.8) is 0 Å². The topological polar surface area (TPSA) is 131 Å². The van der Waals surface area contributed by atoms with E-state index in [1.54, 1.807) is 12.1 Å². The molecule has 0 atom stereocenters. The number of hydrazone groups is 1. The van der Waals surface area contributed by atoms with Crippen LogP contribution in [0.15, 0.2) is 44.4 Å². The van der Waals surface area contributed by atoms with Crippen molar-refractivity contribution in [2.75, 3.05) is 5.73 Å². The van der Waals surface area contributed by atoms with Crippen molar-refractivity contribution in [2.45, 2.75) is 0 Å². The van der Waals surface area contributed by atoms with Crippen LogP contribution < -0.4 is 11.2 Å². The molecule has 4 N–H and O–H groups in total. The molecule has 0 bridgehead atoms. The van der Waals surface area contributed by atoms with Crippen molar-refractivity contribution in [3.8, 4) is 5.75 Å². The van der Waals surface area contributed by atoms with Crippen molar-refractivity contribution in [1.82, 2.24) is 5.43 Å². The molecule has 1 amide bonds. The number of hydrogen-bond donors (Lipinski definition) is 3. The lowest BCUT2D eigenvalue weighted by molar-refractivity contribution is -0.384. The molecule has 124 valence electrons. The zero-order valence-electron chi connectivity index (χ0n) is 11.9. The van der Waals surface area contributed by atoms with E-state index in [1.807, 2.05) is 0 Å². The standard InChI is InChI=1S/C14H10Br2N4O4/c15-9-1-8(13(21)12(16)4-9)6-18-19-14(22)7-2-10(17)5-11(3-7)20(23)24/h1-6,21H,17H2,(H,19,22)/b18-6+. The van der Waals surface area contributed by atoms with Gasteiger partial charge in [0.1, 0.15) is 5.75 Å². The third-order valence-corrected chi connectivity index (χ3v) is 3.90. The van der Waals surface area contributed by atoms with Gasteiger partial charge in [-0.2, -0.15) is 5.10 Å². The van der Waals surface area contributed by atoms with E-state index < -0.39 is 10.8 Å². The molecule has 0 saturated heterocycles. The Balaban J connectivity index is 2.18. The number of aromatic hydroxyl groups is 1. The summed E-state index contributed by atoms with van der Waals surface area (Å²) >= 11 is 6.44. The Morgan fingerprint density at radius 1 is 1.29 bits per heavy atom. The number of halogens is 2. The SMILES string of the molecule is Nc1cc(C(=O)N/N=C/c2cc(Br)cc(Br)c2O)cc([N+](=O)[O-])c1. The highest BCUT2D eigenvalue weighted by Crippen LogP contribution is 2.30. The van der Waals surface area contributed by atoms with Crippen molar-refractivity contribution in [3.05, 3.63) is 60.5 Å². The van der Waals surface area contributed by atoms with Crippen LogP contribution in [0.2, 0.25) is 0 Å². The Morgan fingerprint density at radius 2 is 2.00 bits per heavy atom. The third-order valence-electron chi connectivity index (χ3n) is 2.84. The summed E-state index contributed by atoms with van der Waals surface area (Å²) in [5.74, 6) is -0.717. The number of hydrogen-bond acceptors (Lipinski definition) is 6. The highest BCUT2D eigenvalue weighted by Gasteiger charge is 2.13. The number of nitrogens with one attached hydrogen (secondary N) is 1. The van der Waals surface area contributed by atoms with E-state index in [9.17, 15) is 20.0 Å². The van der Waals surface area contributed by atoms with E-state index >= 15 is 0 Å². The number of carbonyl (C=O) groups excluding carboxylic acids is 1. The predicted molar refractivity (Wildman–Crippen MR) is 96.1 cm³/mol. The fraction of sp³-hybridized carbons (Fsp3) is 0. The average Bonchev–Trinajstić information content (AvgIpc) is 2.51. The van der Waals surface area contributed by atoms with Crippen LogP contribution >= 0.6 is 31.9 Å². The molecule has 0 aliphatic rings. The summed E-state index contributed by atoms with van der Waals surface area (Å²) in [6, 6.07) is 6.79. The third kappa shape index (κ3) is 4.30. The maximum atomic E-state index is 12.0. The number of nitro benzene ring substituents is 1. The van der Waals surface area contributed by atoms with E-state index in [0.717, 1.165) is 12.1 Å². The molecule has 0 spiro atoms. The molecule has 2 aromatic rings. The summed E-state index contributed by atoms with van der Waals surface area (Å²) in [5.41, 5.74) is 7.91. The fourth-order valence-electron chi connectivity index (χ4n) is 1.78. The Kier molecular flexibility index (Phi) is 5.52.